The molecule has 276 valence electrons. The quantitative estimate of drug-likeness (QED) is 0.121. The zero-order valence-corrected chi connectivity index (χ0v) is 29.8. The number of likely N-dealkylation sites (tertiary alicyclic amines) is 1. The second kappa shape index (κ2) is 16.3. The monoisotopic (exact) mass is 718 g/mol. The van der Waals surface area contributed by atoms with Gasteiger partial charge in [-0.3, -0.25) is 14.2 Å². The van der Waals surface area contributed by atoms with Gasteiger partial charge in [-0.1, -0.05) is 91.9 Å². The van der Waals surface area contributed by atoms with Crippen LogP contribution in [-0.2, 0) is 32.2 Å². The number of aliphatic carboxylic acids is 1. The summed E-state index contributed by atoms with van der Waals surface area (Å²) >= 11 is 0. The number of H-pyrrole nitrogens is 1. The topological polar surface area (TPSA) is 146 Å². The van der Waals surface area contributed by atoms with E-state index in [1.165, 1.54) is 0 Å². The Kier molecular flexibility index (Phi) is 11.2. The lowest BCUT2D eigenvalue weighted by molar-refractivity contribution is -0.276. The Labute approximate surface area is 308 Å². The zero-order valence-electron chi connectivity index (χ0n) is 29.8. The molecule has 0 bridgehead atoms. The maximum absolute atomic E-state index is 12.9. The fourth-order valence-electron chi connectivity index (χ4n) is 7.66. The number of benzene rings is 4. The zero-order chi connectivity index (χ0) is 36.9. The number of amides is 1. The van der Waals surface area contributed by atoms with Crippen molar-refractivity contribution in [2.45, 2.75) is 70.3 Å². The van der Waals surface area contributed by atoms with Crippen LogP contribution in [0.4, 0.5) is 0 Å². The average Bonchev–Trinajstić information content (AvgIpc) is 3.53. The SMILES string of the molecule is C[C@H]1[C@@H](CN2CCC(n3c(=O)[nH]c4ccccc43)CC2)O[C@@H](c2ccc(-c3ccccc3CNC(=O)CCC(=O)O)cc2)O[C@H]1c1ccc(CO)cc1. The number of aliphatic hydroxyl groups excluding tert-OH is 1. The fourth-order valence-corrected chi connectivity index (χ4v) is 7.66. The highest BCUT2D eigenvalue weighted by atomic mass is 16.7. The van der Waals surface area contributed by atoms with Gasteiger partial charge in [-0.15, -0.1) is 0 Å². The summed E-state index contributed by atoms with van der Waals surface area (Å²) in [6.07, 6.45) is 0.478. The predicted molar refractivity (Wildman–Crippen MR) is 201 cm³/mol. The molecule has 5 aromatic rings. The van der Waals surface area contributed by atoms with Crippen LogP contribution >= 0.6 is 0 Å². The molecule has 11 nitrogen and oxygen atoms in total. The van der Waals surface area contributed by atoms with E-state index in [0.717, 1.165) is 76.9 Å². The number of imidazole rings is 1. The number of hydrogen-bond acceptors (Lipinski definition) is 7. The number of carbonyl (C=O) groups is 2. The van der Waals surface area contributed by atoms with Crippen LogP contribution in [-0.4, -0.2) is 62.3 Å². The van der Waals surface area contributed by atoms with Gasteiger partial charge in [-0.25, -0.2) is 4.79 Å². The molecule has 0 spiro atoms. The van der Waals surface area contributed by atoms with Crippen molar-refractivity contribution in [3.8, 4) is 11.1 Å². The lowest BCUT2D eigenvalue weighted by Crippen LogP contribution is -2.47. The molecule has 7 rings (SSSR count). The second-order valence-corrected chi connectivity index (χ2v) is 14.1. The van der Waals surface area contributed by atoms with Crippen molar-refractivity contribution in [2.24, 2.45) is 5.92 Å². The molecule has 4 aromatic carbocycles. The Morgan fingerprint density at radius 2 is 1.57 bits per heavy atom. The maximum Gasteiger partial charge on any atom is 0.326 e. The Hall–Kier alpha value is -5.07. The third kappa shape index (κ3) is 8.29. The van der Waals surface area contributed by atoms with Gasteiger partial charge >= 0.3 is 11.7 Å². The second-order valence-electron chi connectivity index (χ2n) is 14.1. The van der Waals surface area contributed by atoms with Crippen molar-refractivity contribution < 1.29 is 29.3 Å². The summed E-state index contributed by atoms with van der Waals surface area (Å²) in [4.78, 5) is 41.4. The van der Waals surface area contributed by atoms with Gasteiger partial charge in [-0.2, -0.15) is 0 Å². The van der Waals surface area contributed by atoms with Gasteiger partial charge in [0.2, 0.25) is 5.91 Å². The number of piperidine rings is 1. The van der Waals surface area contributed by atoms with Gasteiger partial charge in [0.05, 0.1) is 36.3 Å². The normalized spacial score (nSPS) is 21.1. The molecule has 2 aliphatic heterocycles. The van der Waals surface area contributed by atoms with Gasteiger partial charge in [0, 0.05) is 50.1 Å². The lowest BCUT2D eigenvalue weighted by atomic mass is 9.89. The molecule has 2 fully saturated rings. The van der Waals surface area contributed by atoms with Crippen LogP contribution in [0, 0.1) is 5.92 Å². The third-order valence-corrected chi connectivity index (χ3v) is 10.7. The first kappa shape index (κ1) is 36.3. The van der Waals surface area contributed by atoms with E-state index < -0.39 is 12.3 Å². The highest BCUT2D eigenvalue weighted by Crippen LogP contribution is 2.42. The standard InChI is InChI=1S/C42H46N4O7/c1-27-37(25-45-22-20-33(21-23-45)46-36-9-5-4-8-35(36)44-42(46)51)52-41(53-40(27)30-12-10-28(26-47)11-13-30)31-16-14-29(15-17-31)34-7-3-2-6-32(34)24-43-38(48)18-19-39(49)50/h2-17,27,33,37,40-41,47H,18-26H2,1H3,(H,43,48)(H,44,51)(H,49,50)/t27-,37+,40+,41+/m0/s1. The van der Waals surface area contributed by atoms with E-state index in [4.69, 9.17) is 14.6 Å². The third-order valence-electron chi connectivity index (χ3n) is 10.7. The van der Waals surface area contributed by atoms with Crippen molar-refractivity contribution in [3.63, 3.8) is 0 Å². The van der Waals surface area contributed by atoms with Gasteiger partial charge in [0.15, 0.2) is 6.29 Å². The largest absolute Gasteiger partial charge is 0.481 e. The number of carboxylic acid groups (broad SMARTS) is 1. The predicted octanol–water partition coefficient (Wildman–Crippen LogP) is 6.10. The number of nitrogens with zero attached hydrogens (tertiary/aromatic N) is 2. The Morgan fingerprint density at radius 3 is 2.30 bits per heavy atom. The number of aromatic nitrogens is 2. The molecular formula is C42H46N4O7. The fraction of sp³-hybridized carbons (Fsp3) is 0.357. The summed E-state index contributed by atoms with van der Waals surface area (Å²) in [6.45, 7) is 4.85. The summed E-state index contributed by atoms with van der Waals surface area (Å²) in [7, 11) is 0. The molecule has 4 N–H and O–H groups in total. The average molecular weight is 719 g/mol. The number of rotatable bonds is 12. The van der Waals surface area contributed by atoms with E-state index in [1.54, 1.807) is 0 Å². The molecule has 2 aliphatic rings. The molecule has 3 heterocycles. The van der Waals surface area contributed by atoms with Crippen LogP contribution in [0.3, 0.4) is 0 Å². The Bertz CT molecular complexity index is 2080. The number of hydrogen-bond donors (Lipinski definition) is 4. The van der Waals surface area contributed by atoms with Crippen molar-refractivity contribution in [1.82, 2.24) is 19.8 Å². The molecule has 0 aliphatic carbocycles. The van der Waals surface area contributed by atoms with Crippen LogP contribution in [0.2, 0.25) is 0 Å². The number of carboxylic acids is 1. The lowest BCUT2D eigenvalue weighted by Gasteiger charge is -2.44. The van der Waals surface area contributed by atoms with Crippen molar-refractivity contribution in [1.29, 1.82) is 0 Å². The minimum atomic E-state index is -1.00. The number of ether oxygens (including phenoxy) is 2. The molecule has 11 heteroatoms. The number of para-hydroxylation sites is 2. The van der Waals surface area contributed by atoms with E-state index in [1.807, 2.05) is 102 Å². The van der Waals surface area contributed by atoms with E-state index in [9.17, 15) is 19.5 Å². The first-order valence-corrected chi connectivity index (χ1v) is 18.4. The summed E-state index contributed by atoms with van der Waals surface area (Å²) in [5.41, 5.74) is 7.38. The van der Waals surface area contributed by atoms with Gasteiger partial charge in [-0.05, 0) is 52.8 Å². The summed E-state index contributed by atoms with van der Waals surface area (Å²) < 4.78 is 15.4. The minimum absolute atomic E-state index is 0.0249. The molecule has 0 unspecified atom stereocenters. The highest BCUT2D eigenvalue weighted by molar-refractivity contribution is 5.81. The Morgan fingerprint density at radius 1 is 0.868 bits per heavy atom. The van der Waals surface area contributed by atoms with Crippen molar-refractivity contribution in [2.75, 3.05) is 19.6 Å². The van der Waals surface area contributed by atoms with Gasteiger partial charge in [0.25, 0.3) is 0 Å². The number of aliphatic hydroxyl groups is 1. The van der Waals surface area contributed by atoms with Crippen molar-refractivity contribution >= 4 is 22.9 Å². The van der Waals surface area contributed by atoms with Crippen LogP contribution in [0.15, 0.2) is 102 Å². The van der Waals surface area contributed by atoms with Gasteiger partial charge < -0.3 is 34.9 Å². The molecule has 0 radical (unpaired) electrons. The molecule has 0 saturated carbocycles. The molecule has 1 aromatic heterocycles. The Balaban J connectivity index is 1.07. The van der Waals surface area contributed by atoms with Crippen LogP contribution in [0.1, 0.15) is 73.3 Å². The van der Waals surface area contributed by atoms with E-state index in [2.05, 4.69) is 22.1 Å². The molecular weight excluding hydrogens is 672 g/mol. The maximum atomic E-state index is 12.9. The number of carbonyl (C=O) groups excluding carboxylic acids is 1. The van der Waals surface area contributed by atoms with E-state index in [0.29, 0.717) is 0 Å². The molecule has 2 saturated heterocycles. The summed E-state index contributed by atoms with van der Waals surface area (Å²) in [5.74, 6) is -1.26. The number of nitrogens with one attached hydrogen (secondary N) is 2. The smallest absolute Gasteiger partial charge is 0.326 e. The van der Waals surface area contributed by atoms with Crippen LogP contribution in [0.25, 0.3) is 22.2 Å². The number of fused-ring (bicyclic) bond motifs is 1. The van der Waals surface area contributed by atoms with Crippen LogP contribution in [0.5, 0.6) is 0 Å². The van der Waals surface area contributed by atoms with Crippen molar-refractivity contribution in [3.05, 3.63) is 130 Å². The summed E-state index contributed by atoms with van der Waals surface area (Å²) in [5, 5.41) is 21.4. The molecule has 4 atom stereocenters. The first-order valence-electron chi connectivity index (χ1n) is 18.4. The molecule has 1 amide bonds. The first-order chi connectivity index (χ1) is 25.8. The molecule has 53 heavy (non-hydrogen) atoms. The van der Waals surface area contributed by atoms with E-state index in [-0.39, 0.29) is 61.8 Å². The van der Waals surface area contributed by atoms with E-state index >= 15 is 0 Å². The van der Waals surface area contributed by atoms with Crippen LogP contribution < -0.4 is 11.0 Å². The minimum Gasteiger partial charge on any atom is -0.481 e. The summed E-state index contributed by atoms with van der Waals surface area (Å²) in [6, 6.07) is 31.8. The number of aromatic amines is 1. The highest BCUT2D eigenvalue weighted by Gasteiger charge is 2.39. The van der Waals surface area contributed by atoms with Gasteiger partial charge in [0.1, 0.15) is 0 Å².